The maximum absolute atomic E-state index is 12.5. The Balaban J connectivity index is 2.29. The SMILES string of the molecule is Cc1ccc(-n2cc(C=O)c3c(c2=O)CCO3)c(C)c1. The highest BCUT2D eigenvalue weighted by atomic mass is 16.5. The average Bonchev–Trinajstić information content (AvgIpc) is 2.90. The number of hydrogen-bond donors (Lipinski definition) is 0. The van der Waals surface area contributed by atoms with Crippen molar-refractivity contribution in [3.8, 4) is 11.4 Å². The van der Waals surface area contributed by atoms with Gasteiger partial charge in [0.15, 0.2) is 6.29 Å². The minimum absolute atomic E-state index is 0.102. The van der Waals surface area contributed by atoms with Gasteiger partial charge in [-0.2, -0.15) is 0 Å². The van der Waals surface area contributed by atoms with Crippen molar-refractivity contribution < 1.29 is 9.53 Å². The maximum Gasteiger partial charge on any atom is 0.262 e. The zero-order valence-corrected chi connectivity index (χ0v) is 11.5. The lowest BCUT2D eigenvalue weighted by atomic mass is 10.1. The van der Waals surface area contributed by atoms with Crippen LogP contribution in [0.2, 0.25) is 0 Å². The largest absolute Gasteiger partial charge is 0.492 e. The van der Waals surface area contributed by atoms with Crippen LogP contribution >= 0.6 is 0 Å². The second kappa shape index (κ2) is 4.63. The molecule has 4 heteroatoms. The van der Waals surface area contributed by atoms with Gasteiger partial charge in [-0.1, -0.05) is 17.7 Å². The molecule has 0 saturated heterocycles. The molecule has 0 bridgehead atoms. The molecule has 0 spiro atoms. The molecule has 3 rings (SSSR count). The fourth-order valence-corrected chi connectivity index (χ4v) is 2.66. The molecule has 0 fully saturated rings. The van der Waals surface area contributed by atoms with Gasteiger partial charge in [-0.05, 0) is 25.5 Å². The Morgan fingerprint density at radius 2 is 2.10 bits per heavy atom. The van der Waals surface area contributed by atoms with E-state index in [2.05, 4.69) is 0 Å². The Hall–Kier alpha value is -2.36. The third-order valence-corrected chi connectivity index (χ3v) is 3.62. The molecule has 102 valence electrons. The highest BCUT2D eigenvalue weighted by Gasteiger charge is 2.22. The number of carbonyl (C=O) groups is 1. The molecule has 0 N–H and O–H groups in total. The standard InChI is InChI=1S/C16H15NO3/c1-10-3-4-14(11(2)7-10)17-8-12(9-18)15-13(16(17)19)5-6-20-15/h3-4,7-9H,5-6H2,1-2H3. The van der Waals surface area contributed by atoms with E-state index < -0.39 is 0 Å². The number of carbonyl (C=O) groups excluding carboxylic acids is 1. The van der Waals surface area contributed by atoms with Crippen molar-refractivity contribution in [3.05, 3.63) is 57.0 Å². The summed E-state index contributed by atoms with van der Waals surface area (Å²) in [6, 6.07) is 5.88. The lowest BCUT2D eigenvalue weighted by Crippen LogP contribution is -2.22. The molecular weight excluding hydrogens is 254 g/mol. The van der Waals surface area contributed by atoms with Gasteiger partial charge in [-0.25, -0.2) is 0 Å². The minimum Gasteiger partial charge on any atom is -0.492 e. The van der Waals surface area contributed by atoms with Crippen molar-refractivity contribution in [2.45, 2.75) is 20.3 Å². The third kappa shape index (κ3) is 1.84. The Bertz CT molecular complexity index is 759. The van der Waals surface area contributed by atoms with Crippen molar-refractivity contribution in [2.24, 2.45) is 0 Å². The quantitative estimate of drug-likeness (QED) is 0.785. The number of pyridine rings is 1. The molecule has 0 amide bonds. The number of ether oxygens (including phenoxy) is 1. The van der Waals surface area contributed by atoms with Crippen LogP contribution in [0, 0.1) is 13.8 Å². The first-order valence-corrected chi connectivity index (χ1v) is 6.56. The highest BCUT2D eigenvalue weighted by molar-refractivity contribution is 5.80. The Morgan fingerprint density at radius 3 is 2.80 bits per heavy atom. The summed E-state index contributed by atoms with van der Waals surface area (Å²) in [4.78, 5) is 23.7. The monoisotopic (exact) mass is 269 g/mol. The summed E-state index contributed by atoms with van der Waals surface area (Å²) in [7, 11) is 0. The summed E-state index contributed by atoms with van der Waals surface area (Å²) in [5.41, 5.74) is 3.86. The van der Waals surface area contributed by atoms with E-state index in [4.69, 9.17) is 4.74 Å². The second-order valence-electron chi connectivity index (χ2n) is 5.07. The Morgan fingerprint density at radius 1 is 1.30 bits per heavy atom. The number of nitrogens with zero attached hydrogens (tertiary/aromatic N) is 1. The van der Waals surface area contributed by atoms with Crippen molar-refractivity contribution in [1.82, 2.24) is 4.57 Å². The van der Waals surface area contributed by atoms with Crippen LogP contribution in [-0.2, 0) is 6.42 Å². The van der Waals surface area contributed by atoms with E-state index >= 15 is 0 Å². The summed E-state index contributed by atoms with van der Waals surface area (Å²) in [6.45, 7) is 4.42. The number of hydrogen-bond acceptors (Lipinski definition) is 3. The predicted molar refractivity (Wildman–Crippen MR) is 76.1 cm³/mol. The second-order valence-corrected chi connectivity index (χ2v) is 5.07. The molecule has 1 aliphatic heterocycles. The summed E-state index contributed by atoms with van der Waals surface area (Å²) >= 11 is 0. The molecule has 0 aliphatic carbocycles. The molecular formula is C16H15NO3. The van der Waals surface area contributed by atoms with Gasteiger partial charge >= 0.3 is 0 Å². The van der Waals surface area contributed by atoms with Crippen LogP contribution in [0.3, 0.4) is 0 Å². The molecule has 4 nitrogen and oxygen atoms in total. The first-order chi connectivity index (χ1) is 9.61. The van der Waals surface area contributed by atoms with Crippen LogP contribution in [0.4, 0.5) is 0 Å². The normalized spacial score (nSPS) is 12.9. The molecule has 1 aromatic carbocycles. The van der Waals surface area contributed by atoms with Gasteiger partial charge in [-0.3, -0.25) is 14.2 Å². The van der Waals surface area contributed by atoms with E-state index in [1.807, 2.05) is 32.0 Å². The minimum atomic E-state index is -0.102. The lowest BCUT2D eigenvalue weighted by molar-refractivity contribution is 0.112. The summed E-state index contributed by atoms with van der Waals surface area (Å²) < 4.78 is 6.94. The van der Waals surface area contributed by atoms with E-state index in [1.54, 1.807) is 10.8 Å². The summed E-state index contributed by atoms with van der Waals surface area (Å²) in [5, 5.41) is 0. The predicted octanol–water partition coefficient (Wildman–Crippen LogP) is 2.20. The van der Waals surface area contributed by atoms with Gasteiger partial charge in [0, 0.05) is 12.6 Å². The van der Waals surface area contributed by atoms with Gasteiger partial charge in [0.2, 0.25) is 0 Å². The van der Waals surface area contributed by atoms with Crippen LogP contribution in [-0.4, -0.2) is 17.5 Å². The van der Waals surface area contributed by atoms with Crippen LogP contribution in [0.15, 0.2) is 29.2 Å². The van der Waals surface area contributed by atoms with Crippen molar-refractivity contribution >= 4 is 6.29 Å². The molecule has 2 heterocycles. The molecule has 0 unspecified atom stereocenters. The van der Waals surface area contributed by atoms with Gasteiger partial charge in [0.05, 0.1) is 23.4 Å². The Kier molecular flexibility index (Phi) is 2.93. The zero-order chi connectivity index (χ0) is 14.3. The number of fused-ring (bicyclic) bond motifs is 1. The van der Waals surface area contributed by atoms with Crippen LogP contribution in [0.5, 0.6) is 5.75 Å². The maximum atomic E-state index is 12.5. The number of aldehydes is 1. The zero-order valence-electron chi connectivity index (χ0n) is 11.5. The van der Waals surface area contributed by atoms with Gasteiger partial charge < -0.3 is 4.74 Å². The summed E-state index contributed by atoms with van der Waals surface area (Å²) in [5.74, 6) is 0.450. The van der Waals surface area contributed by atoms with Gasteiger partial charge in [0.25, 0.3) is 5.56 Å². The molecule has 0 radical (unpaired) electrons. The number of rotatable bonds is 2. The van der Waals surface area contributed by atoms with Crippen LogP contribution in [0.1, 0.15) is 27.0 Å². The van der Waals surface area contributed by atoms with Gasteiger partial charge in [0.1, 0.15) is 5.75 Å². The molecule has 20 heavy (non-hydrogen) atoms. The number of benzene rings is 1. The van der Waals surface area contributed by atoms with E-state index in [9.17, 15) is 9.59 Å². The third-order valence-electron chi connectivity index (χ3n) is 3.62. The van der Waals surface area contributed by atoms with Crippen molar-refractivity contribution in [2.75, 3.05) is 6.61 Å². The lowest BCUT2D eigenvalue weighted by Gasteiger charge is -2.12. The molecule has 2 aromatic rings. The molecule has 0 saturated carbocycles. The van der Waals surface area contributed by atoms with Crippen molar-refractivity contribution in [1.29, 1.82) is 0 Å². The van der Waals surface area contributed by atoms with E-state index in [-0.39, 0.29) is 5.56 Å². The Labute approximate surface area is 116 Å². The average molecular weight is 269 g/mol. The first-order valence-electron chi connectivity index (χ1n) is 6.56. The number of aryl methyl sites for hydroxylation is 2. The molecule has 0 atom stereocenters. The highest BCUT2D eigenvalue weighted by Crippen LogP contribution is 2.27. The van der Waals surface area contributed by atoms with E-state index in [0.717, 1.165) is 23.1 Å². The van der Waals surface area contributed by atoms with E-state index in [1.165, 1.54) is 0 Å². The van der Waals surface area contributed by atoms with E-state index in [0.29, 0.717) is 29.9 Å². The van der Waals surface area contributed by atoms with Gasteiger partial charge in [-0.15, -0.1) is 0 Å². The smallest absolute Gasteiger partial charge is 0.262 e. The first kappa shape index (κ1) is 12.7. The fraction of sp³-hybridized carbons (Fsp3) is 0.250. The summed E-state index contributed by atoms with van der Waals surface area (Å²) in [6.07, 6.45) is 2.86. The van der Waals surface area contributed by atoms with Crippen LogP contribution in [0.25, 0.3) is 5.69 Å². The van der Waals surface area contributed by atoms with Crippen molar-refractivity contribution in [3.63, 3.8) is 0 Å². The topological polar surface area (TPSA) is 48.3 Å². The van der Waals surface area contributed by atoms with Crippen LogP contribution < -0.4 is 10.3 Å². The molecule has 1 aromatic heterocycles. The molecule has 1 aliphatic rings. The number of aromatic nitrogens is 1. The fourth-order valence-electron chi connectivity index (χ4n) is 2.66.